The average Bonchev–Trinajstić information content (AvgIpc) is 3.05. The number of aromatic nitrogens is 2. The number of unbranched alkanes of at least 4 members (excludes halogenated alkanes) is 1. The van der Waals surface area contributed by atoms with Crippen LogP contribution in [0.1, 0.15) is 57.6 Å². The molecule has 0 radical (unpaired) electrons. The number of nitrogens with zero attached hydrogens (tertiary/aromatic N) is 3. The van der Waals surface area contributed by atoms with E-state index in [1.807, 2.05) is 66.7 Å². The molecule has 5 rings (SSSR count). The second-order valence-electron chi connectivity index (χ2n) is 12.2. The highest BCUT2D eigenvalue weighted by molar-refractivity contribution is 5.85. The Hall–Kier alpha value is -3.72. The lowest BCUT2D eigenvalue weighted by Crippen LogP contribution is -2.53. The molecular weight excluding hydrogens is 590 g/mol. The van der Waals surface area contributed by atoms with Crippen LogP contribution in [0.3, 0.4) is 0 Å². The van der Waals surface area contributed by atoms with Crippen LogP contribution in [-0.4, -0.2) is 51.4 Å². The topological polar surface area (TPSA) is 93.8 Å². The van der Waals surface area contributed by atoms with Gasteiger partial charge in [0, 0.05) is 6.54 Å². The molecule has 1 aromatic heterocycles. The molecular formula is C36H44ClN3O5. The number of piperidine rings is 1. The number of hydrogen-bond donors (Lipinski definition) is 1. The summed E-state index contributed by atoms with van der Waals surface area (Å²) in [5.41, 5.74) is -1.06. The maximum absolute atomic E-state index is 13.7. The summed E-state index contributed by atoms with van der Waals surface area (Å²) in [6.45, 7) is 8.03. The van der Waals surface area contributed by atoms with Crippen LogP contribution in [0.25, 0.3) is 10.9 Å². The number of halogens is 1. The Bertz CT molecular complexity index is 1650. The molecule has 2 heterocycles. The van der Waals surface area contributed by atoms with Gasteiger partial charge in [-0.05, 0) is 95.3 Å². The minimum absolute atomic E-state index is 0. The third-order valence-electron chi connectivity index (χ3n) is 9.10. The van der Waals surface area contributed by atoms with Crippen LogP contribution < -0.4 is 11.2 Å². The van der Waals surface area contributed by atoms with Gasteiger partial charge in [0.05, 0.1) is 17.5 Å². The second-order valence-corrected chi connectivity index (χ2v) is 12.2. The Morgan fingerprint density at radius 1 is 0.844 bits per heavy atom. The Morgan fingerprint density at radius 2 is 1.38 bits per heavy atom. The molecule has 0 bridgehead atoms. The lowest BCUT2D eigenvalue weighted by atomic mass is 9.72. The van der Waals surface area contributed by atoms with E-state index in [4.69, 9.17) is 4.74 Å². The number of carbonyl (C=O) groups is 1. The van der Waals surface area contributed by atoms with Crippen molar-refractivity contribution in [2.45, 2.75) is 64.1 Å². The molecule has 4 aromatic rings. The predicted molar refractivity (Wildman–Crippen MR) is 180 cm³/mol. The van der Waals surface area contributed by atoms with Crippen LogP contribution in [0.4, 0.5) is 0 Å². The van der Waals surface area contributed by atoms with Gasteiger partial charge >= 0.3 is 11.7 Å². The van der Waals surface area contributed by atoms with Crippen molar-refractivity contribution in [3.63, 3.8) is 0 Å². The van der Waals surface area contributed by atoms with Gasteiger partial charge in [-0.3, -0.25) is 9.36 Å². The minimum Gasteiger partial charge on any atom is -0.464 e. The SMILES string of the molecule is CCOC(=O)C(C)(C)n1c(=O)c2ccccc2n(CCCCN2CCC(C(O)(c3ccccc3)c3ccccc3)CC2)c1=O.Cl. The van der Waals surface area contributed by atoms with E-state index in [2.05, 4.69) is 4.90 Å². The molecule has 1 aliphatic rings. The van der Waals surface area contributed by atoms with Crippen molar-refractivity contribution in [2.24, 2.45) is 5.92 Å². The molecule has 8 nitrogen and oxygen atoms in total. The van der Waals surface area contributed by atoms with E-state index in [0.717, 1.165) is 61.0 Å². The van der Waals surface area contributed by atoms with Crippen molar-refractivity contribution in [3.05, 3.63) is 117 Å². The Kier molecular flexibility index (Phi) is 11.1. The molecule has 0 saturated carbocycles. The number of carbonyl (C=O) groups excluding carboxylic acids is 1. The maximum Gasteiger partial charge on any atom is 0.332 e. The van der Waals surface area contributed by atoms with Crippen LogP contribution in [0, 0.1) is 5.92 Å². The van der Waals surface area contributed by atoms with E-state index in [1.165, 1.54) is 0 Å². The number of para-hydroxylation sites is 1. The molecule has 3 aromatic carbocycles. The summed E-state index contributed by atoms with van der Waals surface area (Å²) in [5.74, 6) is -0.520. The Labute approximate surface area is 270 Å². The summed E-state index contributed by atoms with van der Waals surface area (Å²) < 4.78 is 7.85. The summed E-state index contributed by atoms with van der Waals surface area (Å²) in [4.78, 5) is 42.3. The number of likely N-dealkylation sites (tertiary alicyclic amines) is 1. The Morgan fingerprint density at radius 3 is 1.96 bits per heavy atom. The zero-order valence-electron chi connectivity index (χ0n) is 26.4. The molecule has 1 aliphatic heterocycles. The highest BCUT2D eigenvalue weighted by Gasteiger charge is 2.41. The minimum atomic E-state index is -1.44. The Balaban J connectivity index is 0.00000461. The van der Waals surface area contributed by atoms with Gasteiger partial charge in [0.1, 0.15) is 11.1 Å². The van der Waals surface area contributed by atoms with Gasteiger partial charge in [0.15, 0.2) is 0 Å². The van der Waals surface area contributed by atoms with Gasteiger partial charge < -0.3 is 14.7 Å². The molecule has 45 heavy (non-hydrogen) atoms. The first-order chi connectivity index (χ1) is 21.2. The fourth-order valence-electron chi connectivity index (χ4n) is 6.63. The van der Waals surface area contributed by atoms with Crippen LogP contribution in [0.2, 0.25) is 0 Å². The number of hydrogen-bond acceptors (Lipinski definition) is 6. The smallest absolute Gasteiger partial charge is 0.332 e. The number of aryl methyl sites for hydroxylation is 1. The summed E-state index contributed by atoms with van der Waals surface area (Å²) in [7, 11) is 0. The van der Waals surface area contributed by atoms with Crippen molar-refractivity contribution in [1.29, 1.82) is 0 Å². The molecule has 0 atom stereocenters. The predicted octanol–water partition coefficient (Wildman–Crippen LogP) is 5.31. The largest absolute Gasteiger partial charge is 0.464 e. The third-order valence-corrected chi connectivity index (χ3v) is 9.10. The van der Waals surface area contributed by atoms with Gasteiger partial charge in [0.2, 0.25) is 0 Å². The molecule has 0 aliphatic carbocycles. The zero-order chi connectivity index (χ0) is 31.3. The second kappa shape index (κ2) is 14.6. The van der Waals surface area contributed by atoms with E-state index < -0.39 is 28.4 Å². The lowest BCUT2D eigenvalue weighted by Gasteiger charge is -2.42. The van der Waals surface area contributed by atoms with Crippen LogP contribution in [0.15, 0.2) is 94.5 Å². The van der Waals surface area contributed by atoms with E-state index in [-0.39, 0.29) is 24.9 Å². The molecule has 9 heteroatoms. The zero-order valence-corrected chi connectivity index (χ0v) is 27.2. The molecule has 0 amide bonds. The quantitative estimate of drug-likeness (QED) is 0.178. The highest BCUT2D eigenvalue weighted by atomic mass is 35.5. The molecule has 0 unspecified atom stereocenters. The van der Waals surface area contributed by atoms with Crippen molar-refractivity contribution in [2.75, 3.05) is 26.2 Å². The average molecular weight is 634 g/mol. The van der Waals surface area contributed by atoms with Crippen LogP contribution in [-0.2, 0) is 27.2 Å². The van der Waals surface area contributed by atoms with Gasteiger partial charge in [-0.1, -0.05) is 72.8 Å². The van der Waals surface area contributed by atoms with E-state index in [1.54, 1.807) is 43.5 Å². The normalized spacial score (nSPS) is 14.7. The van der Waals surface area contributed by atoms with Crippen molar-refractivity contribution < 1.29 is 14.6 Å². The molecule has 1 saturated heterocycles. The maximum atomic E-state index is 13.7. The van der Waals surface area contributed by atoms with Crippen molar-refractivity contribution in [3.8, 4) is 0 Å². The fraction of sp³-hybridized carbons (Fsp3) is 0.417. The molecule has 240 valence electrons. The number of ether oxygens (including phenoxy) is 1. The molecule has 1 N–H and O–H groups in total. The first-order valence-corrected chi connectivity index (χ1v) is 15.7. The number of rotatable bonds is 11. The van der Waals surface area contributed by atoms with Crippen molar-refractivity contribution >= 4 is 29.3 Å². The van der Waals surface area contributed by atoms with Crippen LogP contribution in [0.5, 0.6) is 0 Å². The summed E-state index contributed by atoms with van der Waals surface area (Å²) >= 11 is 0. The lowest BCUT2D eigenvalue weighted by molar-refractivity contribution is -0.152. The van der Waals surface area contributed by atoms with Gasteiger partial charge in [-0.15, -0.1) is 12.4 Å². The number of aliphatic hydroxyl groups is 1. The van der Waals surface area contributed by atoms with Gasteiger partial charge in [0.25, 0.3) is 5.56 Å². The number of benzene rings is 3. The summed E-state index contributed by atoms with van der Waals surface area (Å²) in [6.07, 6.45) is 3.35. The third kappa shape index (κ3) is 6.78. The van der Waals surface area contributed by atoms with E-state index >= 15 is 0 Å². The highest BCUT2D eigenvalue weighted by Crippen LogP contribution is 2.41. The number of esters is 1. The summed E-state index contributed by atoms with van der Waals surface area (Å²) in [5, 5.41) is 12.6. The first-order valence-electron chi connectivity index (χ1n) is 15.7. The molecule has 0 spiro atoms. The van der Waals surface area contributed by atoms with Gasteiger partial charge in [-0.25, -0.2) is 14.2 Å². The molecule has 1 fully saturated rings. The van der Waals surface area contributed by atoms with E-state index in [9.17, 15) is 19.5 Å². The number of fused-ring (bicyclic) bond motifs is 1. The van der Waals surface area contributed by atoms with Crippen LogP contribution >= 0.6 is 12.4 Å². The first kappa shape index (κ1) is 34.2. The van der Waals surface area contributed by atoms with E-state index in [0.29, 0.717) is 17.4 Å². The standard InChI is InChI=1S/C36H43N3O5.ClH/c1-4-44-33(41)35(2,3)39-32(40)30-19-11-12-20-31(30)38(34(39)42)24-14-13-23-37-25-21-29(22-26-37)36(43,27-15-7-5-8-16-27)28-17-9-6-10-18-28;/h5-12,15-20,29,43H,4,13-14,21-26H2,1-3H3;1H. The van der Waals surface area contributed by atoms with Gasteiger partial charge in [-0.2, -0.15) is 0 Å². The van der Waals surface area contributed by atoms with Crippen molar-refractivity contribution in [1.82, 2.24) is 14.0 Å². The monoisotopic (exact) mass is 633 g/mol. The fourth-order valence-corrected chi connectivity index (χ4v) is 6.63. The summed E-state index contributed by atoms with van der Waals surface area (Å²) in [6, 6.07) is 27.0.